The minimum Gasteiger partial charge on any atom is -0.355 e. The van der Waals surface area contributed by atoms with Crippen LogP contribution in [-0.4, -0.2) is 53.3 Å². The Hall–Kier alpha value is -4.83. The molecule has 2 aromatic heterocycles. The molecule has 0 spiro atoms. The number of nitriles is 1. The first-order valence-electron chi connectivity index (χ1n) is 14.6. The number of benzene rings is 2. The number of nitrogens with zero attached hydrogens (tertiary/aromatic N) is 6. The van der Waals surface area contributed by atoms with Crippen LogP contribution in [0.15, 0.2) is 60.7 Å². The highest BCUT2D eigenvalue weighted by Gasteiger charge is 2.56. The first-order chi connectivity index (χ1) is 21.3. The van der Waals surface area contributed by atoms with Crippen molar-refractivity contribution in [1.82, 2.24) is 24.9 Å². The quantitative estimate of drug-likeness (QED) is 0.260. The Kier molecular flexibility index (Phi) is 7.77. The van der Waals surface area contributed by atoms with Gasteiger partial charge in [0.25, 0.3) is 5.88 Å². The van der Waals surface area contributed by atoms with Crippen molar-refractivity contribution in [2.75, 3.05) is 18.0 Å². The summed E-state index contributed by atoms with van der Waals surface area (Å²) in [5, 5.41) is 18.1. The van der Waals surface area contributed by atoms with E-state index in [1.807, 2.05) is 30.0 Å². The van der Waals surface area contributed by atoms with Gasteiger partial charge in [-0.15, -0.1) is 5.10 Å². The van der Waals surface area contributed by atoms with Crippen molar-refractivity contribution >= 4 is 38.6 Å². The Morgan fingerprint density at radius 1 is 1.09 bits per heavy atom. The number of Topliss-reactive ketones (excluding diaryl/α,β-unsaturated/α-hetero) is 1. The molecule has 226 valence electrons. The van der Waals surface area contributed by atoms with Gasteiger partial charge in [0.15, 0.2) is 11.6 Å². The number of ketones is 1. The molecule has 2 fully saturated rings. The van der Waals surface area contributed by atoms with E-state index < -0.39 is 26.6 Å². The van der Waals surface area contributed by atoms with Gasteiger partial charge in [-0.3, -0.25) is 14.3 Å². The van der Waals surface area contributed by atoms with Crippen molar-refractivity contribution in [2.45, 2.75) is 50.2 Å². The van der Waals surface area contributed by atoms with Crippen LogP contribution in [0.1, 0.15) is 66.9 Å². The second-order valence-electron chi connectivity index (χ2n) is 11.1. The molecule has 13 heteroatoms. The van der Waals surface area contributed by atoms with Crippen LogP contribution in [0.3, 0.4) is 0 Å². The number of piperidine rings is 1. The number of pyridine rings is 1. The number of hydrogen-bond acceptors (Lipinski definition) is 10. The molecule has 1 N–H and O–H groups in total. The summed E-state index contributed by atoms with van der Waals surface area (Å²) in [7, 11) is -3.92. The van der Waals surface area contributed by atoms with Gasteiger partial charge in [-0.1, -0.05) is 54.2 Å². The van der Waals surface area contributed by atoms with Crippen LogP contribution >= 0.6 is 0 Å². The molecule has 1 saturated heterocycles. The van der Waals surface area contributed by atoms with Gasteiger partial charge < -0.3 is 9.74 Å². The lowest BCUT2D eigenvalue weighted by atomic mass is 9.96. The average molecular weight is 614 g/mol. The van der Waals surface area contributed by atoms with Gasteiger partial charge in [-0.25, -0.2) is 8.42 Å². The van der Waals surface area contributed by atoms with E-state index >= 15 is 0 Å². The maximum Gasteiger partial charge on any atom is 0.261 e. The number of carbonyl (C=O) groups is 2. The molecule has 44 heavy (non-hydrogen) atoms. The lowest BCUT2D eigenvalue weighted by molar-refractivity contribution is -0.123. The minimum atomic E-state index is -3.92. The van der Waals surface area contributed by atoms with Crippen molar-refractivity contribution in [1.29, 1.82) is 5.26 Å². The summed E-state index contributed by atoms with van der Waals surface area (Å²) in [6, 6.07) is 19.8. The molecule has 1 amide bonds. The van der Waals surface area contributed by atoms with Gasteiger partial charge in [0.1, 0.15) is 21.8 Å². The fraction of sp³-hybridized carbons (Fsp3) is 0.355. The highest BCUT2D eigenvalue weighted by Crippen LogP contribution is 2.52. The summed E-state index contributed by atoms with van der Waals surface area (Å²) < 4.78 is 27.8. The van der Waals surface area contributed by atoms with Crippen molar-refractivity contribution in [3.05, 3.63) is 77.4 Å². The monoisotopic (exact) mass is 613 g/mol. The van der Waals surface area contributed by atoms with Crippen molar-refractivity contribution in [2.24, 2.45) is 5.92 Å². The smallest absolute Gasteiger partial charge is 0.261 e. The summed E-state index contributed by atoms with van der Waals surface area (Å²) in [4.78, 5) is 39.9. The number of hydrogen-bond donors (Lipinski definition) is 1. The first-order valence-corrected chi connectivity index (χ1v) is 16.1. The van der Waals surface area contributed by atoms with Crippen LogP contribution in [0.25, 0.3) is 11.0 Å². The van der Waals surface area contributed by atoms with Gasteiger partial charge in [0.2, 0.25) is 15.9 Å². The Labute approximate surface area is 254 Å². The van der Waals surface area contributed by atoms with E-state index in [2.05, 4.69) is 26.1 Å². The maximum atomic E-state index is 13.3. The predicted molar refractivity (Wildman–Crippen MR) is 161 cm³/mol. The SMILES string of the molecule is CCCC(=O)c1cc(C#N)c(N2CCC(C(=O)NS(=O)(=O)C3(c4ccccc4)CC3)CC2)nc1On1nnc2ccccc21. The van der Waals surface area contributed by atoms with Crippen LogP contribution in [0.4, 0.5) is 5.82 Å². The van der Waals surface area contributed by atoms with E-state index in [9.17, 15) is 23.3 Å². The Morgan fingerprint density at radius 2 is 1.80 bits per heavy atom. The molecule has 0 unspecified atom stereocenters. The van der Waals surface area contributed by atoms with Crippen LogP contribution in [-0.2, 0) is 19.6 Å². The van der Waals surface area contributed by atoms with Crippen molar-refractivity contribution in [3.8, 4) is 11.9 Å². The molecular weight excluding hydrogens is 582 g/mol. The fourth-order valence-electron chi connectivity index (χ4n) is 5.67. The molecule has 0 atom stereocenters. The third kappa shape index (κ3) is 5.37. The lowest BCUT2D eigenvalue weighted by Crippen LogP contribution is -2.45. The van der Waals surface area contributed by atoms with Crippen LogP contribution in [0.5, 0.6) is 5.88 Å². The molecule has 6 rings (SSSR count). The van der Waals surface area contributed by atoms with Gasteiger partial charge in [0, 0.05) is 25.4 Å². The maximum absolute atomic E-state index is 13.3. The molecule has 4 aromatic rings. The third-order valence-electron chi connectivity index (χ3n) is 8.28. The van der Waals surface area contributed by atoms with Crippen LogP contribution < -0.4 is 14.5 Å². The number of rotatable bonds is 10. The number of aromatic nitrogens is 4. The lowest BCUT2D eigenvalue weighted by Gasteiger charge is -2.33. The highest BCUT2D eigenvalue weighted by atomic mass is 32.2. The highest BCUT2D eigenvalue weighted by molar-refractivity contribution is 7.91. The molecule has 0 radical (unpaired) electrons. The summed E-state index contributed by atoms with van der Waals surface area (Å²) in [6.45, 7) is 2.57. The topological polar surface area (TPSA) is 160 Å². The molecule has 2 aliphatic rings. The summed E-state index contributed by atoms with van der Waals surface area (Å²) in [5.74, 6) is -0.964. The van der Waals surface area contributed by atoms with E-state index in [1.54, 1.807) is 36.4 Å². The van der Waals surface area contributed by atoms with Crippen LogP contribution in [0.2, 0.25) is 0 Å². The number of nitrogens with one attached hydrogen (secondary N) is 1. The molecule has 1 saturated carbocycles. The van der Waals surface area contributed by atoms with E-state index in [4.69, 9.17) is 4.84 Å². The van der Waals surface area contributed by atoms with Gasteiger partial charge in [-0.2, -0.15) is 10.2 Å². The second-order valence-corrected chi connectivity index (χ2v) is 13.1. The first kappa shape index (κ1) is 29.3. The Morgan fingerprint density at radius 3 is 2.48 bits per heavy atom. The van der Waals surface area contributed by atoms with Gasteiger partial charge in [0.05, 0.1) is 11.1 Å². The molecule has 1 aliphatic carbocycles. The average Bonchev–Trinajstić information content (AvgIpc) is 3.78. The molecule has 2 aromatic carbocycles. The number of fused-ring (bicyclic) bond motifs is 1. The van der Waals surface area contributed by atoms with Crippen molar-refractivity contribution < 1.29 is 22.8 Å². The predicted octanol–water partition coefficient (Wildman–Crippen LogP) is 3.87. The normalized spacial score (nSPS) is 16.3. The largest absolute Gasteiger partial charge is 0.355 e. The number of anilines is 1. The molecule has 1 aliphatic heterocycles. The molecule has 3 heterocycles. The fourth-order valence-corrected chi connectivity index (χ4v) is 7.39. The zero-order valence-electron chi connectivity index (χ0n) is 24.1. The van der Waals surface area contributed by atoms with Gasteiger partial charge in [-0.05, 0) is 61.1 Å². The van der Waals surface area contributed by atoms with Crippen LogP contribution in [0, 0.1) is 17.2 Å². The summed E-state index contributed by atoms with van der Waals surface area (Å²) >= 11 is 0. The molecule has 12 nitrogen and oxygen atoms in total. The summed E-state index contributed by atoms with van der Waals surface area (Å²) in [5.41, 5.74) is 2.23. The minimum absolute atomic E-state index is 0.00490. The standard InChI is InChI=1S/C31H31N7O5S/c1-2-8-27(39)24-19-22(20-32)28(33-30(24)43-38-26-12-7-6-11-25(26)34-36-38)37-17-13-21(14-18-37)29(40)35-44(41,42)31(15-16-31)23-9-4-3-5-10-23/h3-7,9-12,19,21H,2,8,13-18H2,1H3,(H,35,40). The third-order valence-corrected chi connectivity index (χ3v) is 10.4. The Bertz CT molecular complexity index is 1870. The molecular formula is C31H31N7O5S. The second kappa shape index (κ2) is 11.7. The summed E-state index contributed by atoms with van der Waals surface area (Å²) in [6.07, 6.45) is 2.49. The zero-order chi connectivity index (χ0) is 30.9. The number of para-hydroxylation sites is 1. The number of sulfonamides is 1. The van der Waals surface area contributed by atoms with Gasteiger partial charge >= 0.3 is 0 Å². The van der Waals surface area contributed by atoms with E-state index in [0.29, 0.717) is 67.6 Å². The number of amides is 1. The zero-order valence-corrected chi connectivity index (χ0v) is 25.0. The van der Waals surface area contributed by atoms with E-state index in [1.165, 1.54) is 10.9 Å². The number of carbonyl (C=O) groups excluding carboxylic acids is 2. The molecule has 0 bridgehead atoms. The van der Waals surface area contributed by atoms with Crippen molar-refractivity contribution in [3.63, 3.8) is 0 Å². The Balaban J connectivity index is 1.21. The van der Waals surface area contributed by atoms with E-state index in [0.717, 1.165) is 0 Å². The van der Waals surface area contributed by atoms with E-state index in [-0.39, 0.29) is 29.2 Å².